The standard InChI is InChI=1S/C26H26N4O2S2/c31-24(29-14-12-28(13-15-29)18-21-9-6-16-33-21)19-34-26-27-23-11-5-4-10-22(23)25(32)30(26)17-20-7-2-1-3-8-20/h1-11,16H,12-15,17-19H2. The van der Waals surface area contributed by atoms with Crippen LogP contribution in [0.5, 0.6) is 0 Å². The van der Waals surface area contributed by atoms with Crippen molar-refractivity contribution in [1.29, 1.82) is 0 Å². The highest BCUT2D eigenvalue weighted by molar-refractivity contribution is 7.99. The van der Waals surface area contributed by atoms with Crippen LogP contribution in [0.25, 0.3) is 10.9 Å². The molecule has 0 aliphatic carbocycles. The van der Waals surface area contributed by atoms with Crippen LogP contribution in [0.4, 0.5) is 0 Å². The highest BCUT2D eigenvalue weighted by Gasteiger charge is 2.22. The van der Waals surface area contributed by atoms with Crippen molar-refractivity contribution in [2.45, 2.75) is 18.2 Å². The van der Waals surface area contributed by atoms with Crippen molar-refractivity contribution >= 4 is 39.9 Å². The number of benzene rings is 2. The van der Waals surface area contributed by atoms with Gasteiger partial charge in [-0.1, -0.05) is 60.3 Å². The van der Waals surface area contributed by atoms with Gasteiger partial charge in [-0.25, -0.2) is 4.98 Å². The molecule has 0 radical (unpaired) electrons. The summed E-state index contributed by atoms with van der Waals surface area (Å²) in [6.07, 6.45) is 0. The molecule has 1 saturated heterocycles. The molecule has 6 nitrogen and oxygen atoms in total. The van der Waals surface area contributed by atoms with Crippen molar-refractivity contribution in [3.8, 4) is 0 Å². The van der Waals surface area contributed by atoms with Gasteiger partial charge in [-0.05, 0) is 29.1 Å². The van der Waals surface area contributed by atoms with Gasteiger partial charge in [0.2, 0.25) is 5.91 Å². The number of para-hydroxylation sites is 1. The number of carbonyl (C=O) groups is 1. The molecule has 1 aliphatic heterocycles. The van der Waals surface area contributed by atoms with E-state index in [0.29, 0.717) is 22.6 Å². The highest BCUT2D eigenvalue weighted by Crippen LogP contribution is 2.20. The van der Waals surface area contributed by atoms with E-state index in [1.54, 1.807) is 22.0 Å². The van der Waals surface area contributed by atoms with Gasteiger partial charge in [0.05, 0.1) is 23.2 Å². The van der Waals surface area contributed by atoms with E-state index in [9.17, 15) is 9.59 Å². The van der Waals surface area contributed by atoms with Gasteiger partial charge in [0.1, 0.15) is 0 Å². The first kappa shape index (κ1) is 22.8. The fraction of sp³-hybridized carbons (Fsp3) is 0.269. The fourth-order valence-corrected chi connectivity index (χ4v) is 5.81. The lowest BCUT2D eigenvalue weighted by Crippen LogP contribution is -2.48. The second kappa shape index (κ2) is 10.5. The van der Waals surface area contributed by atoms with Crippen molar-refractivity contribution in [3.05, 3.63) is 92.9 Å². The lowest BCUT2D eigenvalue weighted by Gasteiger charge is -2.34. The molecule has 0 saturated carbocycles. The largest absolute Gasteiger partial charge is 0.339 e. The normalized spacial score (nSPS) is 14.5. The average Bonchev–Trinajstić information content (AvgIpc) is 3.39. The van der Waals surface area contributed by atoms with E-state index in [4.69, 9.17) is 4.98 Å². The van der Waals surface area contributed by atoms with Crippen LogP contribution in [-0.4, -0.2) is 57.2 Å². The van der Waals surface area contributed by atoms with Crippen LogP contribution in [0.15, 0.2) is 82.1 Å². The monoisotopic (exact) mass is 490 g/mol. The molecule has 34 heavy (non-hydrogen) atoms. The number of aromatic nitrogens is 2. The zero-order valence-electron chi connectivity index (χ0n) is 18.8. The summed E-state index contributed by atoms with van der Waals surface area (Å²) in [6.45, 7) is 4.58. The number of carbonyl (C=O) groups excluding carboxylic acids is 1. The van der Waals surface area contributed by atoms with Crippen LogP contribution in [0, 0.1) is 0 Å². The maximum absolute atomic E-state index is 13.3. The molecule has 0 N–H and O–H groups in total. The predicted molar refractivity (Wildman–Crippen MR) is 138 cm³/mol. The topological polar surface area (TPSA) is 58.4 Å². The van der Waals surface area contributed by atoms with Gasteiger partial charge in [0.15, 0.2) is 5.16 Å². The molecule has 0 unspecified atom stereocenters. The Kier molecular flexibility index (Phi) is 7.08. The van der Waals surface area contributed by atoms with Crippen LogP contribution in [-0.2, 0) is 17.9 Å². The summed E-state index contributed by atoms with van der Waals surface area (Å²) in [7, 11) is 0. The SMILES string of the molecule is O=C(CSc1nc2ccccc2c(=O)n1Cc1ccccc1)N1CCN(Cc2cccs2)CC1. The Hall–Kier alpha value is -2.94. The zero-order chi connectivity index (χ0) is 23.3. The van der Waals surface area contributed by atoms with Gasteiger partial charge in [-0.2, -0.15) is 0 Å². The van der Waals surface area contributed by atoms with Gasteiger partial charge in [-0.15, -0.1) is 11.3 Å². The summed E-state index contributed by atoms with van der Waals surface area (Å²) in [5.41, 5.74) is 1.61. The summed E-state index contributed by atoms with van der Waals surface area (Å²) in [5.74, 6) is 0.360. The molecule has 0 spiro atoms. The first-order chi connectivity index (χ1) is 16.7. The number of hydrogen-bond donors (Lipinski definition) is 0. The number of thiophene rings is 1. The Bertz CT molecular complexity index is 1310. The molecule has 2 aromatic carbocycles. The number of hydrogen-bond acceptors (Lipinski definition) is 6. The van der Waals surface area contributed by atoms with Crippen LogP contribution in [0.1, 0.15) is 10.4 Å². The molecule has 0 bridgehead atoms. The third-order valence-corrected chi connectivity index (χ3v) is 7.84. The lowest BCUT2D eigenvalue weighted by molar-refractivity contribution is -0.130. The minimum absolute atomic E-state index is 0.0772. The number of rotatable bonds is 7. The Balaban J connectivity index is 1.28. The third-order valence-electron chi connectivity index (χ3n) is 6.02. The minimum Gasteiger partial charge on any atom is -0.339 e. The van der Waals surface area contributed by atoms with Gasteiger partial charge >= 0.3 is 0 Å². The van der Waals surface area contributed by atoms with E-state index in [0.717, 1.165) is 38.3 Å². The number of amides is 1. The number of thioether (sulfide) groups is 1. The molecule has 1 fully saturated rings. The maximum atomic E-state index is 13.3. The summed E-state index contributed by atoms with van der Waals surface area (Å²) >= 11 is 3.12. The molecule has 0 atom stereocenters. The van der Waals surface area contributed by atoms with E-state index in [1.165, 1.54) is 16.6 Å². The summed E-state index contributed by atoms with van der Waals surface area (Å²) in [5, 5.41) is 3.28. The lowest BCUT2D eigenvalue weighted by atomic mass is 10.2. The quantitative estimate of drug-likeness (QED) is 0.290. The summed E-state index contributed by atoms with van der Waals surface area (Å²) in [6, 6.07) is 21.5. The Morgan fingerprint density at radius 1 is 0.912 bits per heavy atom. The molecule has 174 valence electrons. The van der Waals surface area contributed by atoms with Crippen molar-refractivity contribution < 1.29 is 4.79 Å². The fourth-order valence-electron chi connectivity index (χ4n) is 4.16. The van der Waals surface area contributed by atoms with Gasteiger partial charge in [-0.3, -0.25) is 19.1 Å². The maximum Gasteiger partial charge on any atom is 0.262 e. The van der Waals surface area contributed by atoms with Crippen molar-refractivity contribution in [2.24, 2.45) is 0 Å². The van der Waals surface area contributed by atoms with Crippen molar-refractivity contribution in [1.82, 2.24) is 19.4 Å². The first-order valence-corrected chi connectivity index (χ1v) is 13.2. The molecule has 3 heterocycles. The molecule has 5 rings (SSSR count). The van der Waals surface area contributed by atoms with E-state index >= 15 is 0 Å². The van der Waals surface area contributed by atoms with Crippen LogP contribution in [0.2, 0.25) is 0 Å². The molecule has 4 aromatic rings. The van der Waals surface area contributed by atoms with Crippen LogP contribution < -0.4 is 5.56 Å². The van der Waals surface area contributed by atoms with Gasteiger partial charge in [0.25, 0.3) is 5.56 Å². The number of nitrogens with zero attached hydrogens (tertiary/aromatic N) is 4. The Morgan fingerprint density at radius 3 is 2.44 bits per heavy atom. The average molecular weight is 491 g/mol. The molecule has 1 amide bonds. The van der Waals surface area contributed by atoms with E-state index in [2.05, 4.69) is 22.4 Å². The second-order valence-corrected chi connectivity index (χ2v) is 10.3. The first-order valence-electron chi connectivity index (χ1n) is 11.4. The third kappa shape index (κ3) is 5.24. The van der Waals surface area contributed by atoms with Gasteiger partial charge < -0.3 is 4.90 Å². The Morgan fingerprint density at radius 2 is 1.68 bits per heavy atom. The zero-order valence-corrected chi connectivity index (χ0v) is 20.4. The second-order valence-electron chi connectivity index (χ2n) is 8.31. The van der Waals surface area contributed by atoms with Gasteiger partial charge in [0, 0.05) is 37.6 Å². The Labute approximate surface area is 206 Å². The van der Waals surface area contributed by atoms with E-state index in [1.807, 2.05) is 53.4 Å². The number of fused-ring (bicyclic) bond motifs is 1. The molecule has 8 heteroatoms. The molecular formula is C26H26N4O2S2. The molecule has 2 aromatic heterocycles. The van der Waals surface area contributed by atoms with Crippen LogP contribution >= 0.6 is 23.1 Å². The molecule has 1 aliphatic rings. The van der Waals surface area contributed by atoms with E-state index in [-0.39, 0.29) is 17.2 Å². The van der Waals surface area contributed by atoms with E-state index < -0.39 is 0 Å². The number of piperazine rings is 1. The molecular weight excluding hydrogens is 464 g/mol. The van der Waals surface area contributed by atoms with Crippen LogP contribution in [0.3, 0.4) is 0 Å². The van der Waals surface area contributed by atoms with Crippen molar-refractivity contribution in [2.75, 3.05) is 31.9 Å². The highest BCUT2D eigenvalue weighted by atomic mass is 32.2. The summed E-state index contributed by atoms with van der Waals surface area (Å²) < 4.78 is 1.69. The van der Waals surface area contributed by atoms with Crippen molar-refractivity contribution in [3.63, 3.8) is 0 Å². The minimum atomic E-state index is -0.0772. The smallest absolute Gasteiger partial charge is 0.262 e. The predicted octanol–water partition coefficient (Wildman–Crippen LogP) is 3.94. The summed E-state index contributed by atoms with van der Waals surface area (Å²) in [4.78, 5) is 36.7.